The summed E-state index contributed by atoms with van der Waals surface area (Å²) < 4.78 is 5.32. The lowest BCUT2D eigenvalue weighted by molar-refractivity contribution is 0.122. The van der Waals surface area contributed by atoms with E-state index in [1.54, 1.807) is 6.07 Å². The van der Waals surface area contributed by atoms with E-state index in [4.69, 9.17) is 4.74 Å². The maximum atomic E-state index is 9.76. The fourth-order valence-electron chi connectivity index (χ4n) is 2.03. The second kappa shape index (κ2) is 4.53. The van der Waals surface area contributed by atoms with Gasteiger partial charge in [0.15, 0.2) is 0 Å². The van der Waals surface area contributed by atoms with Gasteiger partial charge in [-0.05, 0) is 18.6 Å². The van der Waals surface area contributed by atoms with E-state index >= 15 is 0 Å². The van der Waals surface area contributed by atoms with Gasteiger partial charge in [-0.25, -0.2) is 0 Å². The lowest BCUT2D eigenvalue weighted by Gasteiger charge is -2.30. The molecule has 0 aromatic heterocycles. The van der Waals surface area contributed by atoms with Crippen molar-refractivity contribution < 1.29 is 9.84 Å². The molecule has 0 bridgehead atoms. The molecule has 1 heterocycles. The van der Waals surface area contributed by atoms with Crippen LogP contribution in [0.5, 0.6) is 5.75 Å². The van der Waals surface area contributed by atoms with E-state index in [-0.39, 0.29) is 0 Å². The van der Waals surface area contributed by atoms with Gasteiger partial charge >= 0.3 is 0 Å². The number of rotatable bonds is 2. The zero-order valence-electron chi connectivity index (χ0n) is 9.07. The van der Waals surface area contributed by atoms with Gasteiger partial charge in [0.05, 0.1) is 13.2 Å². The van der Waals surface area contributed by atoms with E-state index in [0.717, 1.165) is 44.0 Å². The molecule has 2 rings (SSSR count). The molecule has 1 aromatic rings. The fraction of sp³-hybridized carbons (Fsp3) is 0.500. The zero-order valence-corrected chi connectivity index (χ0v) is 9.07. The lowest BCUT2D eigenvalue weighted by atomic mass is 10.1. The Morgan fingerprint density at radius 3 is 2.73 bits per heavy atom. The SMILES string of the molecule is CCc1c(O)cccc1N1CCOCC1. The first-order valence-corrected chi connectivity index (χ1v) is 5.46. The van der Waals surface area contributed by atoms with Crippen molar-refractivity contribution in [1.82, 2.24) is 0 Å². The Morgan fingerprint density at radius 1 is 1.33 bits per heavy atom. The third-order valence-electron chi connectivity index (χ3n) is 2.83. The van der Waals surface area contributed by atoms with Crippen LogP contribution in [0.4, 0.5) is 5.69 Å². The molecule has 1 saturated heterocycles. The van der Waals surface area contributed by atoms with Gasteiger partial charge in [0.2, 0.25) is 0 Å². The van der Waals surface area contributed by atoms with Crippen LogP contribution in [0.15, 0.2) is 18.2 Å². The van der Waals surface area contributed by atoms with Crippen molar-refractivity contribution in [3.8, 4) is 5.75 Å². The molecule has 0 amide bonds. The summed E-state index contributed by atoms with van der Waals surface area (Å²) in [4.78, 5) is 2.28. The molecule has 1 N–H and O–H groups in total. The highest BCUT2D eigenvalue weighted by atomic mass is 16.5. The molecule has 1 aromatic carbocycles. The highest BCUT2D eigenvalue weighted by Gasteiger charge is 2.15. The number of ether oxygens (including phenoxy) is 1. The average Bonchev–Trinajstić information content (AvgIpc) is 2.30. The van der Waals surface area contributed by atoms with Gasteiger partial charge < -0.3 is 14.7 Å². The van der Waals surface area contributed by atoms with Gasteiger partial charge in [-0.3, -0.25) is 0 Å². The van der Waals surface area contributed by atoms with Crippen molar-refractivity contribution in [2.24, 2.45) is 0 Å². The second-order valence-electron chi connectivity index (χ2n) is 3.73. The van der Waals surface area contributed by atoms with Crippen LogP contribution in [0, 0.1) is 0 Å². The normalized spacial score (nSPS) is 16.7. The summed E-state index contributed by atoms with van der Waals surface area (Å²) in [6.07, 6.45) is 0.860. The van der Waals surface area contributed by atoms with Crippen LogP contribution in [0.25, 0.3) is 0 Å². The van der Waals surface area contributed by atoms with Crippen molar-refractivity contribution in [3.05, 3.63) is 23.8 Å². The number of phenolic OH excluding ortho intramolecular Hbond substituents is 1. The van der Waals surface area contributed by atoms with Gasteiger partial charge in [0.25, 0.3) is 0 Å². The molecule has 0 aliphatic carbocycles. The first kappa shape index (κ1) is 10.3. The molecule has 0 atom stereocenters. The Kier molecular flexibility index (Phi) is 3.11. The maximum absolute atomic E-state index is 9.76. The quantitative estimate of drug-likeness (QED) is 0.802. The van der Waals surface area contributed by atoms with Crippen molar-refractivity contribution >= 4 is 5.69 Å². The largest absolute Gasteiger partial charge is 0.508 e. The standard InChI is InChI=1S/C12H17NO2/c1-2-10-11(4-3-5-12(10)14)13-6-8-15-9-7-13/h3-5,14H,2,6-9H2,1H3. The van der Waals surface area contributed by atoms with E-state index in [2.05, 4.69) is 17.9 Å². The van der Waals surface area contributed by atoms with Crippen LogP contribution in [0.2, 0.25) is 0 Å². The molecule has 82 valence electrons. The highest BCUT2D eigenvalue weighted by Crippen LogP contribution is 2.29. The van der Waals surface area contributed by atoms with Crippen molar-refractivity contribution in [1.29, 1.82) is 0 Å². The Bertz CT molecular complexity index is 332. The van der Waals surface area contributed by atoms with Crippen molar-refractivity contribution in [2.45, 2.75) is 13.3 Å². The molecule has 1 fully saturated rings. The highest BCUT2D eigenvalue weighted by molar-refractivity contribution is 5.59. The molecule has 15 heavy (non-hydrogen) atoms. The topological polar surface area (TPSA) is 32.7 Å². The number of morpholine rings is 1. The predicted octanol–water partition coefficient (Wildman–Crippen LogP) is 1.79. The summed E-state index contributed by atoms with van der Waals surface area (Å²) in [5.41, 5.74) is 2.19. The average molecular weight is 207 g/mol. The fourth-order valence-corrected chi connectivity index (χ4v) is 2.03. The number of nitrogens with zero attached hydrogens (tertiary/aromatic N) is 1. The maximum Gasteiger partial charge on any atom is 0.120 e. The number of anilines is 1. The minimum Gasteiger partial charge on any atom is -0.508 e. The number of benzene rings is 1. The molecule has 3 heteroatoms. The molecular weight excluding hydrogens is 190 g/mol. The smallest absolute Gasteiger partial charge is 0.120 e. The van der Waals surface area contributed by atoms with Crippen LogP contribution >= 0.6 is 0 Å². The minimum absolute atomic E-state index is 0.404. The summed E-state index contributed by atoms with van der Waals surface area (Å²) >= 11 is 0. The Morgan fingerprint density at radius 2 is 2.07 bits per heavy atom. The van der Waals surface area contributed by atoms with E-state index in [1.807, 2.05) is 6.07 Å². The van der Waals surface area contributed by atoms with Gasteiger partial charge in [-0.2, -0.15) is 0 Å². The molecule has 3 nitrogen and oxygen atoms in total. The van der Waals surface area contributed by atoms with Crippen LogP contribution in [0.1, 0.15) is 12.5 Å². The Hall–Kier alpha value is -1.22. The molecule has 1 aliphatic heterocycles. The Balaban J connectivity index is 2.29. The minimum atomic E-state index is 0.404. The number of phenols is 1. The summed E-state index contributed by atoms with van der Waals surface area (Å²) in [6.45, 7) is 5.45. The van der Waals surface area contributed by atoms with Crippen LogP contribution in [-0.4, -0.2) is 31.4 Å². The second-order valence-corrected chi connectivity index (χ2v) is 3.73. The van der Waals surface area contributed by atoms with E-state index < -0.39 is 0 Å². The number of hydrogen-bond donors (Lipinski definition) is 1. The molecule has 0 unspecified atom stereocenters. The summed E-state index contributed by atoms with van der Waals surface area (Å²) in [5.74, 6) is 0.404. The summed E-state index contributed by atoms with van der Waals surface area (Å²) in [7, 11) is 0. The lowest BCUT2D eigenvalue weighted by Crippen LogP contribution is -2.36. The Labute approximate surface area is 90.3 Å². The first-order valence-electron chi connectivity index (χ1n) is 5.46. The molecule has 1 aliphatic rings. The van der Waals surface area contributed by atoms with Crippen LogP contribution < -0.4 is 4.90 Å². The van der Waals surface area contributed by atoms with E-state index in [0.29, 0.717) is 5.75 Å². The van der Waals surface area contributed by atoms with Gasteiger partial charge in [0.1, 0.15) is 5.75 Å². The monoisotopic (exact) mass is 207 g/mol. The predicted molar refractivity (Wildman–Crippen MR) is 60.5 cm³/mol. The zero-order chi connectivity index (χ0) is 10.7. The number of hydrogen-bond acceptors (Lipinski definition) is 3. The van der Waals surface area contributed by atoms with Gasteiger partial charge in [0, 0.05) is 24.3 Å². The third-order valence-corrected chi connectivity index (χ3v) is 2.83. The summed E-state index contributed by atoms with van der Waals surface area (Å²) in [5, 5.41) is 9.76. The van der Waals surface area contributed by atoms with Gasteiger partial charge in [-0.1, -0.05) is 13.0 Å². The van der Waals surface area contributed by atoms with Crippen LogP contribution in [0.3, 0.4) is 0 Å². The van der Waals surface area contributed by atoms with Crippen LogP contribution in [-0.2, 0) is 11.2 Å². The molecule has 0 spiro atoms. The first-order chi connectivity index (χ1) is 7.33. The number of aromatic hydroxyl groups is 1. The molecular formula is C12H17NO2. The third kappa shape index (κ3) is 2.07. The van der Waals surface area contributed by atoms with Crippen molar-refractivity contribution in [2.75, 3.05) is 31.2 Å². The van der Waals surface area contributed by atoms with Crippen molar-refractivity contribution in [3.63, 3.8) is 0 Å². The molecule has 0 radical (unpaired) electrons. The molecule has 0 saturated carbocycles. The summed E-state index contributed by atoms with van der Waals surface area (Å²) in [6, 6.07) is 5.73. The van der Waals surface area contributed by atoms with E-state index in [1.165, 1.54) is 0 Å². The van der Waals surface area contributed by atoms with Gasteiger partial charge in [-0.15, -0.1) is 0 Å². The van der Waals surface area contributed by atoms with E-state index in [9.17, 15) is 5.11 Å².